The molecule has 150 valence electrons. The lowest BCUT2D eigenvalue weighted by atomic mass is 10.1. The van der Waals surface area contributed by atoms with E-state index in [4.69, 9.17) is 16.3 Å². The Hall–Kier alpha value is -1.28. The van der Waals surface area contributed by atoms with Crippen LogP contribution < -0.4 is 15.0 Å². The number of amides is 1. The Morgan fingerprint density at radius 3 is 2.57 bits per heavy atom. The van der Waals surface area contributed by atoms with Crippen LogP contribution >= 0.6 is 43.5 Å². The molecule has 8 heteroatoms. The minimum atomic E-state index is -0.255. The van der Waals surface area contributed by atoms with Crippen molar-refractivity contribution in [3.8, 4) is 5.75 Å². The Morgan fingerprint density at radius 2 is 1.93 bits per heavy atom. The first-order valence-electron chi connectivity index (χ1n) is 9.04. The van der Waals surface area contributed by atoms with E-state index in [2.05, 4.69) is 53.9 Å². The van der Waals surface area contributed by atoms with Crippen molar-refractivity contribution in [3.05, 3.63) is 49.9 Å². The van der Waals surface area contributed by atoms with Gasteiger partial charge in [-0.05, 0) is 46.7 Å². The number of methoxy groups -OCH3 is 1. The highest BCUT2D eigenvalue weighted by Gasteiger charge is 2.23. The fourth-order valence-electron chi connectivity index (χ4n) is 3.35. The van der Waals surface area contributed by atoms with Gasteiger partial charge in [0.15, 0.2) is 0 Å². The molecule has 3 rings (SSSR count). The number of hydrogen-bond acceptors (Lipinski definition) is 4. The molecule has 0 aromatic heterocycles. The second-order valence-electron chi connectivity index (χ2n) is 6.48. The van der Waals surface area contributed by atoms with Gasteiger partial charge in [-0.2, -0.15) is 0 Å². The first-order valence-corrected chi connectivity index (χ1v) is 11.0. The average Bonchev–Trinajstić information content (AvgIpc) is 2.68. The van der Waals surface area contributed by atoms with Gasteiger partial charge in [0.05, 0.1) is 33.5 Å². The Labute approximate surface area is 187 Å². The fourth-order valence-corrected chi connectivity index (χ4v) is 5.03. The largest absolute Gasteiger partial charge is 0.495 e. The van der Waals surface area contributed by atoms with E-state index in [1.165, 1.54) is 0 Å². The van der Waals surface area contributed by atoms with Gasteiger partial charge in [-0.1, -0.05) is 40.5 Å². The lowest BCUT2D eigenvalue weighted by Crippen LogP contribution is -2.46. The summed E-state index contributed by atoms with van der Waals surface area (Å²) in [6.07, 6.45) is 0. The van der Waals surface area contributed by atoms with Gasteiger partial charge in [0.25, 0.3) is 5.91 Å². The van der Waals surface area contributed by atoms with E-state index in [1.807, 2.05) is 24.3 Å². The minimum Gasteiger partial charge on any atom is -0.495 e. The Morgan fingerprint density at radius 1 is 1.21 bits per heavy atom. The molecule has 2 aromatic rings. The van der Waals surface area contributed by atoms with Crippen molar-refractivity contribution in [2.75, 3.05) is 50.1 Å². The topological polar surface area (TPSA) is 44.8 Å². The van der Waals surface area contributed by atoms with Crippen molar-refractivity contribution in [1.29, 1.82) is 0 Å². The summed E-state index contributed by atoms with van der Waals surface area (Å²) in [6, 6.07) is 9.16. The second kappa shape index (κ2) is 9.48. The third-order valence-corrected chi connectivity index (χ3v) is 6.18. The quantitative estimate of drug-likeness (QED) is 0.571. The first-order chi connectivity index (χ1) is 13.4. The van der Waals surface area contributed by atoms with Crippen molar-refractivity contribution >= 4 is 60.7 Å². The molecular formula is C20H22Br2ClN3O2. The van der Waals surface area contributed by atoms with Crippen LogP contribution in [-0.2, 0) is 0 Å². The van der Waals surface area contributed by atoms with Crippen LogP contribution in [0.5, 0.6) is 5.75 Å². The Kier molecular flexibility index (Phi) is 7.25. The van der Waals surface area contributed by atoms with Gasteiger partial charge >= 0.3 is 0 Å². The number of carbonyl (C=O) groups is 1. The van der Waals surface area contributed by atoms with Gasteiger partial charge in [0.2, 0.25) is 0 Å². The zero-order valence-corrected chi connectivity index (χ0v) is 19.7. The Balaban J connectivity index is 1.90. The van der Waals surface area contributed by atoms with Crippen molar-refractivity contribution in [3.63, 3.8) is 0 Å². The van der Waals surface area contributed by atoms with Crippen LogP contribution in [0.15, 0.2) is 39.3 Å². The minimum absolute atomic E-state index is 0.255. The number of benzene rings is 2. The third-order valence-electron chi connectivity index (χ3n) is 4.83. The van der Waals surface area contributed by atoms with Crippen molar-refractivity contribution < 1.29 is 9.53 Å². The van der Waals surface area contributed by atoms with Gasteiger partial charge in [-0.25, -0.2) is 0 Å². The van der Waals surface area contributed by atoms with Crippen LogP contribution in [0.1, 0.15) is 17.3 Å². The van der Waals surface area contributed by atoms with Crippen LogP contribution in [0.3, 0.4) is 0 Å². The summed E-state index contributed by atoms with van der Waals surface area (Å²) in [7, 11) is 1.54. The maximum Gasteiger partial charge on any atom is 0.259 e. The van der Waals surface area contributed by atoms with Crippen molar-refractivity contribution in [1.82, 2.24) is 4.90 Å². The van der Waals surface area contributed by atoms with Crippen molar-refractivity contribution in [2.24, 2.45) is 0 Å². The Bertz CT molecular complexity index is 871. The molecule has 1 heterocycles. The average molecular weight is 532 g/mol. The first kappa shape index (κ1) is 21.4. The summed E-state index contributed by atoms with van der Waals surface area (Å²) in [5.74, 6) is 0.232. The lowest BCUT2D eigenvalue weighted by molar-refractivity contribution is 0.102. The smallest absolute Gasteiger partial charge is 0.259 e. The molecule has 0 saturated carbocycles. The van der Waals surface area contributed by atoms with Crippen LogP contribution in [0.4, 0.5) is 11.4 Å². The number of likely N-dealkylation sites (N-methyl/N-ethyl adjacent to an activating group) is 1. The maximum atomic E-state index is 13.0. The fraction of sp³-hybridized carbons (Fsp3) is 0.350. The highest BCUT2D eigenvalue weighted by molar-refractivity contribution is 9.11. The molecule has 0 radical (unpaired) electrons. The van der Waals surface area contributed by atoms with Gasteiger partial charge in [-0.3, -0.25) is 4.79 Å². The summed E-state index contributed by atoms with van der Waals surface area (Å²) >= 11 is 13.4. The number of nitrogens with one attached hydrogen (secondary N) is 1. The van der Waals surface area contributed by atoms with Crippen LogP contribution in [0.25, 0.3) is 0 Å². The molecule has 0 atom stereocenters. The molecule has 0 bridgehead atoms. The number of anilines is 2. The van der Waals surface area contributed by atoms with Gasteiger partial charge in [0.1, 0.15) is 5.75 Å². The molecule has 1 aliphatic rings. The van der Waals surface area contributed by atoms with E-state index in [0.29, 0.717) is 26.5 Å². The molecule has 0 unspecified atom stereocenters. The molecular weight excluding hydrogens is 510 g/mol. The van der Waals surface area contributed by atoms with Crippen LogP contribution in [0.2, 0.25) is 5.02 Å². The van der Waals surface area contributed by atoms with E-state index < -0.39 is 0 Å². The number of halogens is 3. The molecule has 28 heavy (non-hydrogen) atoms. The summed E-state index contributed by atoms with van der Waals surface area (Å²) in [6.45, 7) is 6.89. The highest BCUT2D eigenvalue weighted by atomic mass is 79.9. The number of para-hydroxylation sites is 1. The lowest BCUT2D eigenvalue weighted by Gasteiger charge is -2.36. The third kappa shape index (κ3) is 4.64. The summed E-state index contributed by atoms with van der Waals surface area (Å²) in [5, 5.41) is 3.65. The van der Waals surface area contributed by atoms with E-state index in [-0.39, 0.29) is 5.91 Å². The molecule has 1 amide bonds. The molecule has 0 aliphatic carbocycles. The molecule has 1 saturated heterocycles. The normalized spacial score (nSPS) is 14.8. The van der Waals surface area contributed by atoms with E-state index >= 15 is 0 Å². The number of rotatable bonds is 5. The van der Waals surface area contributed by atoms with Crippen LogP contribution in [0, 0.1) is 0 Å². The molecule has 5 nitrogen and oxygen atoms in total. The van der Waals surface area contributed by atoms with E-state index in [9.17, 15) is 4.79 Å². The van der Waals surface area contributed by atoms with Crippen LogP contribution in [-0.4, -0.2) is 50.6 Å². The number of ether oxygens (including phenoxy) is 1. The zero-order chi connectivity index (χ0) is 20.3. The van der Waals surface area contributed by atoms with Crippen molar-refractivity contribution in [2.45, 2.75) is 6.92 Å². The summed E-state index contributed by atoms with van der Waals surface area (Å²) < 4.78 is 6.90. The van der Waals surface area contributed by atoms with E-state index in [1.54, 1.807) is 13.2 Å². The number of nitrogens with zero attached hydrogens (tertiary/aromatic N) is 2. The zero-order valence-electron chi connectivity index (χ0n) is 15.8. The maximum absolute atomic E-state index is 13.0. The van der Waals surface area contributed by atoms with Gasteiger partial charge in [-0.15, -0.1) is 0 Å². The molecule has 0 spiro atoms. The number of carbonyl (C=O) groups excluding carboxylic acids is 1. The predicted molar refractivity (Wildman–Crippen MR) is 122 cm³/mol. The number of hydrogen-bond donors (Lipinski definition) is 1. The number of piperazine rings is 1. The monoisotopic (exact) mass is 529 g/mol. The van der Waals surface area contributed by atoms with Gasteiger partial charge in [0, 0.05) is 30.7 Å². The second-order valence-corrected chi connectivity index (χ2v) is 8.66. The predicted octanol–water partition coefficient (Wildman–Crippen LogP) is 5.27. The summed E-state index contributed by atoms with van der Waals surface area (Å²) in [5.41, 5.74) is 1.99. The SMILES string of the molecule is CCN1CCN(c2c(Cl)cccc2NC(=O)c2cc(Br)cc(Br)c2OC)CC1. The highest BCUT2D eigenvalue weighted by Crippen LogP contribution is 2.37. The standard InChI is InChI=1S/C20H22Br2ClN3O2/c1-3-25-7-9-26(10-8-25)18-16(23)5-4-6-17(18)24-20(27)14-11-13(21)12-15(22)19(14)28-2/h4-6,11-12H,3,7-10H2,1-2H3,(H,24,27). The van der Waals surface area contributed by atoms with Gasteiger partial charge < -0.3 is 19.9 Å². The molecule has 1 aliphatic heterocycles. The molecule has 1 fully saturated rings. The van der Waals surface area contributed by atoms with E-state index in [0.717, 1.165) is 42.9 Å². The summed E-state index contributed by atoms with van der Waals surface area (Å²) in [4.78, 5) is 17.7. The molecule has 2 aromatic carbocycles. The molecule has 1 N–H and O–H groups in total.